The van der Waals surface area contributed by atoms with Gasteiger partial charge in [0.15, 0.2) is 11.9 Å². The number of nitrogens with one attached hydrogen (secondary N) is 1. The number of nitrogens with zero attached hydrogens (tertiary/aromatic N) is 7. The van der Waals surface area contributed by atoms with Crippen LogP contribution >= 0.6 is 11.6 Å². The number of aromatic nitrogens is 6. The Bertz CT molecular complexity index is 2080. The molecule has 5 aromatic rings. The van der Waals surface area contributed by atoms with Crippen molar-refractivity contribution in [1.82, 2.24) is 33.6 Å². The lowest BCUT2D eigenvalue weighted by Gasteiger charge is -2.24. The molecule has 1 amide bonds. The average Bonchev–Trinajstić information content (AvgIpc) is 3.69. The molecule has 3 aromatic heterocycles. The van der Waals surface area contributed by atoms with Crippen LogP contribution in [0.5, 0.6) is 0 Å². The lowest BCUT2D eigenvalue weighted by atomic mass is 10.1. The summed E-state index contributed by atoms with van der Waals surface area (Å²) in [7, 11) is -3.93. The van der Waals surface area contributed by atoms with Crippen molar-refractivity contribution in [3.8, 4) is 5.69 Å². The Morgan fingerprint density at radius 2 is 1.49 bits per heavy atom. The summed E-state index contributed by atoms with van der Waals surface area (Å²) in [5, 5.41) is 7.58. The van der Waals surface area contributed by atoms with Gasteiger partial charge < -0.3 is 5.32 Å². The van der Waals surface area contributed by atoms with Gasteiger partial charge in [0.05, 0.1) is 32.2 Å². The third-order valence-electron chi connectivity index (χ3n) is 9.27. The number of hydrogen-bond donors (Lipinski definition) is 1. The second-order valence-electron chi connectivity index (χ2n) is 13.2. The summed E-state index contributed by atoms with van der Waals surface area (Å²) >= 11 is 6.63. The number of rotatable bonds is 21. The molecule has 0 aliphatic carbocycles. The largest absolute Gasteiger partial charge is 0.322 e. The molecule has 0 aliphatic heterocycles. The van der Waals surface area contributed by atoms with Crippen molar-refractivity contribution in [3.63, 3.8) is 0 Å². The van der Waals surface area contributed by atoms with Gasteiger partial charge in [0.25, 0.3) is 11.5 Å². The molecule has 14 heteroatoms. The molecule has 0 spiro atoms. The number of unbranched alkanes of at least 4 members (excludes halogenated alkanes) is 10. The molecule has 1 atom stereocenters. The molecule has 1 unspecified atom stereocenters. The van der Waals surface area contributed by atoms with E-state index in [9.17, 15) is 18.0 Å². The van der Waals surface area contributed by atoms with E-state index in [1.54, 1.807) is 53.1 Å². The first-order chi connectivity index (χ1) is 25.8. The molecule has 53 heavy (non-hydrogen) atoms. The number of amides is 1. The molecule has 0 saturated heterocycles. The van der Waals surface area contributed by atoms with Gasteiger partial charge in [-0.2, -0.15) is 9.40 Å². The first-order valence-corrected chi connectivity index (χ1v) is 20.4. The summed E-state index contributed by atoms with van der Waals surface area (Å²) in [5.41, 5.74) is 0.535. The summed E-state index contributed by atoms with van der Waals surface area (Å²) in [6, 6.07) is 13.2. The molecule has 0 radical (unpaired) electrons. The molecule has 282 valence electrons. The lowest BCUT2D eigenvalue weighted by molar-refractivity contribution is -0.118. The highest BCUT2D eigenvalue weighted by Crippen LogP contribution is 2.30. The van der Waals surface area contributed by atoms with E-state index in [0.717, 1.165) is 64.2 Å². The number of halogens is 1. The van der Waals surface area contributed by atoms with Crippen LogP contribution in [0.15, 0.2) is 89.3 Å². The average molecular weight is 761 g/mol. The lowest BCUT2D eigenvalue weighted by Crippen LogP contribution is -2.35. The summed E-state index contributed by atoms with van der Waals surface area (Å²) < 4.78 is 32.6. The van der Waals surface area contributed by atoms with Crippen molar-refractivity contribution in [2.24, 2.45) is 0 Å². The SMILES string of the molecule is CCCCCCCCN(CCCCCCCC)S(=O)(=O)c1ccc(Cl)c(NC(=O)C(c2nc3ccccc3c(=O)n2-c2ccncc2)n2cncn2)c1. The third-order valence-corrected chi connectivity index (χ3v) is 11.5. The van der Waals surface area contributed by atoms with Crippen molar-refractivity contribution < 1.29 is 13.2 Å². The summed E-state index contributed by atoms with van der Waals surface area (Å²) in [4.78, 5) is 41.4. The number of benzene rings is 2. The number of carbonyl (C=O) groups is 1. The van der Waals surface area contributed by atoms with Crippen LogP contribution in [0.3, 0.4) is 0 Å². The standard InChI is InChI=1S/C39H49ClN8O4S/c1-3-5-7-9-11-15-25-46(26-16-12-10-8-6-4-2)53(51,52)31-19-20-33(40)35(27-31)45-38(49)36(47-29-42-28-43-47)37-44-34-18-14-13-17-32(34)39(50)48(37)30-21-23-41-24-22-30/h13-14,17-24,27-29,36H,3-12,15-16,25-26H2,1-2H3,(H,45,49). The molecule has 0 fully saturated rings. The number of hydrogen-bond acceptors (Lipinski definition) is 8. The zero-order chi connectivity index (χ0) is 37.6. The van der Waals surface area contributed by atoms with Gasteiger partial charge in [0.2, 0.25) is 10.0 Å². The van der Waals surface area contributed by atoms with E-state index in [2.05, 4.69) is 34.2 Å². The van der Waals surface area contributed by atoms with Crippen molar-refractivity contribution in [3.05, 3.63) is 101 Å². The summed E-state index contributed by atoms with van der Waals surface area (Å²) in [6.45, 7) is 5.19. The van der Waals surface area contributed by atoms with Gasteiger partial charge in [-0.1, -0.05) is 102 Å². The van der Waals surface area contributed by atoms with Crippen LogP contribution in [0.1, 0.15) is 103 Å². The molecular weight excluding hydrogens is 712 g/mol. The van der Waals surface area contributed by atoms with Gasteiger partial charge in [0, 0.05) is 25.5 Å². The van der Waals surface area contributed by atoms with Crippen LogP contribution in [0, 0.1) is 0 Å². The molecule has 12 nitrogen and oxygen atoms in total. The number of anilines is 1. The van der Waals surface area contributed by atoms with Crippen LogP contribution < -0.4 is 10.9 Å². The fourth-order valence-electron chi connectivity index (χ4n) is 6.38. The van der Waals surface area contributed by atoms with E-state index >= 15 is 0 Å². The Hall–Kier alpha value is -4.46. The minimum Gasteiger partial charge on any atom is -0.322 e. The predicted molar refractivity (Wildman–Crippen MR) is 209 cm³/mol. The minimum absolute atomic E-state index is 0.0315. The van der Waals surface area contributed by atoms with Gasteiger partial charge in [-0.05, 0) is 55.3 Å². The third kappa shape index (κ3) is 10.2. The number of pyridine rings is 1. The van der Waals surface area contributed by atoms with Gasteiger partial charge in [-0.15, -0.1) is 0 Å². The second kappa shape index (κ2) is 19.6. The van der Waals surface area contributed by atoms with Gasteiger partial charge in [-0.25, -0.2) is 23.1 Å². The summed E-state index contributed by atoms with van der Waals surface area (Å²) in [6.07, 6.45) is 18.3. The second-order valence-corrected chi connectivity index (χ2v) is 15.5. The van der Waals surface area contributed by atoms with E-state index in [0.29, 0.717) is 29.7 Å². The van der Waals surface area contributed by atoms with Crippen LogP contribution in [0.25, 0.3) is 16.6 Å². The summed E-state index contributed by atoms with van der Waals surface area (Å²) in [5.74, 6) is -0.597. The maximum atomic E-state index is 14.4. The maximum Gasteiger partial charge on any atom is 0.266 e. The fourth-order valence-corrected chi connectivity index (χ4v) is 8.09. The van der Waals surface area contributed by atoms with Crippen molar-refractivity contribution in [1.29, 1.82) is 0 Å². The molecule has 1 N–H and O–H groups in total. The number of fused-ring (bicyclic) bond motifs is 1. The zero-order valence-electron chi connectivity index (χ0n) is 30.5. The predicted octanol–water partition coefficient (Wildman–Crippen LogP) is 7.97. The Labute approximate surface area is 316 Å². The van der Waals surface area contributed by atoms with Crippen LogP contribution in [-0.4, -0.2) is 61.0 Å². The molecular formula is C39H49ClN8O4S. The van der Waals surface area contributed by atoms with E-state index in [-0.39, 0.29) is 21.4 Å². The highest BCUT2D eigenvalue weighted by Gasteiger charge is 2.32. The molecule has 0 bridgehead atoms. The minimum atomic E-state index is -3.93. The Balaban J connectivity index is 1.47. The highest BCUT2D eigenvalue weighted by atomic mass is 35.5. The quantitative estimate of drug-likeness (QED) is 0.0742. The van der Waals surface area contributed by atoms with Crippen LogP contribution in [-0.2, 0) is 14.8 Å². The first kappa shape index (κ1) is 39.7. The van der Waals surface area contributed by atoms with E-state index in [1.165, 1.54) is 52.9 Å². The van der Waals surface area contributed by atoms with Gasteiger partial charge in [0.1, 0.15) is 12.7 Å². The highest BCUT2D eigenvalue weighted by molar-refractivity contribution is 7.89. The zero-order valence-corrected chi connectivity index (χ0v) is 32.1. The molecule has 2 aromatic carbocycles. The molecule has 5 rings (SSSR count). The normalized spacial score (nSPS) is 12.4. The van der Waals surface area contributed by atoms with E-state index in [4.69, 9.17) is 16.6 Å². The Morgan fingerprint density at radius 3 is 2.13 bits per heavy atom. The van der Waals surface area contributed by atoms with Crippen molar-refractivity contribution in [2.75, 3.05) is 18.4 Å². The smallest absolute Gasteiger partial charge is 0.266 e. The molecule has 0 aliphatic rings. The van der Waals surface area contributed by atoms with Crippen molar-refractivity contribution >= 4 is 44.1 Å². The van der Waals surface area contributed by atoms with E-state index < -0.39 is 27.5 Å². The first-order valence-electron chi connectivity index (χ1n) is 18.6. The van der Waals surface area contributed by atoms with Crippen molar-refractivity contribution in [2.45, 2.75) is 102 Å². The number of carbonyl (C=O) groups excluding carboxylic acids is 1. The Kier molecular flexibility index (Phi) is 14.7. The van der Waals surface area contributed by atoms with E-state index in [1.807, 2.05) is 0 Å². The number of sulfonamides is 1. The monoisotopic (exact) mass is 760 g/mol. The topological polar surface area (TPSA) is 145 Å². The Morgan fingerprint density at radius 1 is 0.849 bits per heavy atom. The fraction of sp³-hybridized carbons (Fsp3) is 0.436. The van der Waals surface area contributed by atoms with Gasteiger partial charge in [-0.3, -0.25) is 19.1 Å². The molecule has 3 heterocycles. The maximum absolute atomic E-state index is 14.4. The molecule has 0 saturated carbocycles. The van der Waals surface area contributed by atoms with Crippen LogP contribution in [0.2, 0.25) is 5.02 Å². The van der Waals surface area contributed by atoms with Crippen LogP contribution in [0.4, 0.5) is 5.69 Å². The number of para-hydroxylation sites is 1. The van der Waals surface area contributed by atoms with Gasteiger partial charge >= 0.3 is 0 Å².